The molecule has 0 aliphatic rings. The van der Waals surface area contributed by atoms with Gasteiger partial charge in [0, 0.05) is 19.1 Å². The van der Waals surface area contributed by atoms with Crippen LogP contribution in [0.25, 0.3) is 0 Å². The fourth-order valence-corrected chi connectivity index (χ4v) is 4.12. The minimum atomic E-state index is -3.30. The van der Waals surface area contributed by atoms with Crippen LogP contribution >= 0.6 is 0 Å². The molecule has 0 bridgehead atoms. The van der Waals surface area contributed by atoms with Crippen molar-refractivity contribution in [3.63, 3.8) is 0 Å². The molecule has 1 rings (SSSR count). The number of sulfonamides is 1. The highest BCUT2D eigenvalue weighted by molar-refractivity contribution is 7.88. The van der Waals surface area contributed by atoms with Gasteiger partial charge in [-0.15, -0.1) is 0 Å². The summed E-state index contributed by atoms with van der Waals surface area (Å²) in [4.78, 5) is 4.63. The van der Waals surface area contributed by atoms with Gasteiger partial charge in [0.15, 0.2) is 5.96 Å². The van der Waals surface area contributed by atoms with E-state index in [1.54, 1.807) is 0 Å². The smallest absolute Gasteiger partial charge is 0.216 e. The third-order valence-corrected chi connectivity index (χ3v) is 5.82. The highest BCUT2D eigenvalue weighted by Crippen LogP contribution is 2.09. The van der Waals surface area contributed by atoms with Crippen molar-refractivity contribution in [3.8, 4) is 0 Å². The fourth-order valence-electron chi connectivity index (χ4n) is 2.69. The molecule has 0 amide bonds. The van der Waals surface area contributed by atoms with E-state index in [2.05, 4.69) is 41.1 Å². The summed E-state index contributed by atoms with van der Waals surface area (Å²) in [7, 11) is -3.30. The monoisotopic (exact) mass is 396 g/mol. The number of hydrogen-bond acceptors (Lipinski definition) is 3. The van der Waals surface area contributed by atoms with Crippen LogP contribution in [0.3, 0.4) is 0 Å². The number of nitrogens with zero attached hydrogens (tertiary/aromatic N) is 1. The third-order valence-electron chi connectivity index (χ3n) is 4.27. The molecule has 0 aliphatic heterocycles. The lowest BCUT2D eigenvalue weighted by Gasteiger charge is -2.16. The second kappa shape index (κ2) is 12.0. The van der Waals surface area contributed by atoms with Crippen molar-refractivity contribution in [2.75, 3.05) is 13.1 Å². The Morgan fingerprint density at radius 2 is 1.59 bits per heavy atom. The second-order valence-corrected chi connectivity index (χ2v) is 8.86. The standard InChI is InChI=1S/C20H36N4O2S/c1-6-17(7-2)13-22-20(21-8-3)23-14-18-9-11-19(12-10-18)15-27(25,26)24-16(4)5/h9-12,16-17,24H,6-8,13-15H2,1-5H3,(H2,21,22,23). The summed E-state index contributed by atoms with van der Waals surface area (Å²) < 4.78 is 26.6. The maximum absolute atomic E-state index is 12.0. The van der Waals surface area contributed by atoms with Crippen molar-refractivity contribution in [2.24, 2.45) is 10.9 Å². The van der Waals surface area contributed by atoms with Crippen LogP contribution in [-0.2, 0) is 22.3 Å². The average molecular weight is 397 g/mol. The largest absolute Gasteiger partial charge is 0.357 e. The summed E-state index contributed by atoms with van der Waals surface area (Å²) in [6, 6.07) is 7.49. The summed E-state index contributed by atoms with van der Waals surface area (Å²) in [5.41, 5.74) is 1.82. The molecular weight excluding hydrogens is 360 g/mol. The number of rotatable bonds is 11. The molecule has 0 saturated carbocycles. The van der Waals surface area contributed by atoms with Crippen molar-refractivity contribution in [1.82, 2.24) is 15.4 Å². The zero-order chi connectivity index (χ0) is 20.3. The quantitative estimate of drug-likeness (QED) is 0.397. The van der Waals surface area contributed by atoms with Gasteiger partial charge < -0.3 is 10.6 Å². The molecule has 3 N–H and O–H groups in total. The molecule has 0 heterocycles. The van der Waals surface area contributed by atoms with Gasteiger partial charge in [-0.05, 0) is 37.8 Å². The summed E-state index contributed by atoms with van der Waals surface area (Å²) in [6.07, 6.45) is 2.30. The number of nitrogens with one attached hydrogen (secondary N) is 3. The zero-order valence-electron chi connectivity index (χ0n) is 17.4. The predicted molar refractivity (Wildman–Crippen MR) is 114 cm³/mol. The van der Waals surface area contributed by atoms with Gasteiger partial charge in [0.05, 0.1) is 12.3 Å². The summed E-state index contributed by atoms with van der Waals surface area (Å²) >= 11 is 0. The van der Waals surface area contributed by atoms with E-state index in [0.717, 1.165) is 43.0 Å². The second-order valence-electron chi connectivity index (χ2n) is 7.11. The van der Waals surface area contributed by atoms with Gasteiger partial charge in [0.25, 0.3) is 0 Å². The van der Waals surface area contributed by atoms with E-state index in [0.29, 0.717) is 12.5 Å². The minimum absolute atomic E-state index is 0.00561. The van der Waals surface area contributed by atoms with E-state index in [1.807, 2.05) is 38.1 Å². The molecule has 0 saturated heterocycles. The maximum Gasteiger partial charge on any atom is 0.216 e. The van der Waals surface area contributed by atoms with Gasteiger partial charge in [-0.3, -0.25) is 0 Å². The summed E-state index contributed by atoms with van der Waals surface area (Å²) in [5, 5.41) is 6.67. The molecule has 0 fully saturated rings. The van der Waals surface area contributed by atoms with Crippen LogP contribution in [-0.4, -0.2) is 33.5 Å². The third kappa shape index (κ3) is 9.77. The average Bonchev–Trinajstić information content (AvgIpc) is 2.60. The zero-order valence-corrected chi connectivity index (χ0v) is 18.2. The molecule has 0 unspecified atom stereocenters. The van der Waals surface area contributed by atoms with E-state index in [1.165, 1.54) is 0 Å². The Balaban J connectivity index is 2.67. The summed E-state index contributed by atoms with van der Waals surface area (Å²) in [5.74, 6) is 1.46. The molecule has 1 aromatic carbocycles. The van der Waals surface area contributed by atoms with Crippen molar-refractivity contribution >= 4 is 16.0 Å². The SMILES string of the molecule is CCNC(=NCc1ccc(CS(=O)(=O)NC(C)C)cc1)NCC(CC)CC. The molecule has 0 spiro atoms. The van der Waals surface area contributed by atoms with Crippen LogP contribution in [0.15, 0.2) is 29.3 Å². The highest BCUT2D eigenvalue weighted by atomic mass is 32.2. The van der Waals surface area contributed by atoms with Crippen LogP contribution in [0, 0.1) is 5.92 Å². The summed E-state index contributed by atoms with van der Waals surface area (Å²) in [6.45, 7) is 12.4. The molecule has 154 valence electrons. The van der Waals surface area contributed by atoms with Crippen LogP contribution in [0.1, 0.15) is 58.6 Å². The Morgan fingerprint density at radius 1 is 1.00 bits per heavy atom. The molecule has 27 heavy (non-hydrogen) atoms. The van der Waals surface area contributed by atoms with E-state index in [4.69, 9.17) is 0 Å². The van der Waals surface area contributed by atoms with Crippen LogP contribution in [0.4, 0.5) is 0 Å². The maximum atomic E-state index is 12.0. The topological polar surface area (TPSA) is 82.6 Å². The van der Waals surface area contributed by atoms with Gasteiger partial charge in [0.1, 0.15) is 0 Å². The Hall–Kier alpha value is -1.60. The van der Waals surface area contributed by atoms with Crippen molar-refractivity contribution in [2.45, 2.75) is 65.8 Å². The predicted octanol–water partition coefficient (Wildman–Crippen LogP) is 3.01. The number of aliphatic imine (C=N–C) groups is 1. The van der Waals surface area contributed by atoms with Crippen LogP contribution in [0.2, 0.25) is 0 Å². The molecule has 7 heteroatoms. The Labute approximate surface area is 165 Å². The molecular formula is C20H36N4O2S. The van der Waals surface area contributed by atoms with E-state index in [-0.39, 0.29) is 11.8 Å². The van der Waals surface area contributed by atoms with Crippen LogP contribution < -0.4 is 15.4 Å². The van der Waals surface area contributed by atoms with Gasteiger partial charge in [-0.2, -0.15) is 0 Å². The molecule has 1 aromatic rings. The van der Waals surface area contributed by atoms with E-state index < -0.39 is 10.0 Å². The lowest BCUT2D eigenvalue weighted by molar-refractivity contribution is 0.481. The van der Waals surface area contributed by atoms with E-state index >= 15 is 0 Å². The fraction of sp³-hybridized carbons (Fsp3) is 0.650. The normalized spacial score (nSPS) is 12.6. The van der Waals surface area contributed by atoms with Gasteiger partial charge in [-0.1, -0.05) is 51.0 Å². The molecule has 0 atom stereocenters. The Morgan fingerprint density at radius 3 is 2.11 bits per heavy atom. The first-order chi connectivity index (χ1) is 12.8. The van der Waals surface area contributed by atoms with E-state index in [9.17, 15) is 8.42 Å². The lowest BCUT2D eigenvalue weighted by Crippen LogP contribution is -2.39. The first kappa shape index (κ1) is 23.4. The van der Waals surface area contributed by atoms with Gasteiger partial charge in [-0.25, -0.2) is 18.1 Å². The molecule has 0 aromatic heterocycles. The van der Waals surface area contributed by atoms with Crippen molar-refractivity contribution in [3.05, 3.63) is 35.4 Å². The first-order valence-corrected chi connectivity index (χ1v) is 11.5. The lowest BCUT2D eigenvalue weighted by atomic mass is 10.0. The minimum Gasteiger partial charge on any atom is -0.357 e. The Kier molecular flexibility index (Phi) is 10.4. The number of benzene rings is 1. The molecule has 6 nitrogen and oxygen atoms in total. The first-order valence-electron chi connectivity index (χ1n) is 9.89. The van der Waals surface area contributed by atoms with Crippen molar-refractivity contribution < 1.29 is 8.42 Å². The highest BCUT2D eigenvalue weighted by Gasteiger charge is 2.12. The molecule has 0 radical (unpaired) electrons. The van der Waals surface area contributed by atoms with Crippen molar-refractivity contribution in [1.29, 1.82) is 0 Å². The number of guanidine groups is 1. The van der Waals surface area contributed by atoms with Gasteiger partial charge >= 0.3 is 0 Å². The van der Waals surface area contributed by atoms with Crippen LogP contribution in [0.5, 0.6) is 0 Å². The molecule has 0 aliphatic carbocycles. The number of hydrogen-bond donors (Lipinski definition) is 3. The van der Waals surface area contributed by atoms with Gasteiger partial charge in [0.2, 0.25) is 10.0 Å². The Bertz CT molecular complexity index is 666.